The Kier molecular flexibility index (Phi) is 4.91. The normalized spacial score (nSPS) is 13.8. The van der Waals surface area contributed by atoms with E-state index in [1.54, 1.807) is 12.1 Å². The Labute approximate surface area is 154 Å². The number of benzene rings is 2. The molecule has 27 heavy (non-hydrogen) atoms. The molecule has 0 radical (unpaired) electrons. The number of ether oxygens (including phenoxy) is 2. The molecule has 3 rings (SSSR count). The van der Waals surface area contributed by atoms with Gasteiger partial charge in [0.2, 0.25) is 0 Å². The number of carbonyl (C=O) groups is 1. The number of carbonyl (C=O) groups excluding carboxylic acids is 1. The number of nitrogens with one attached hydrogen (secondary N) is 2. The van der Waals surface area contributed by atoms with Crippen LogP contribution in [-0.4, -0.2) is 19.2 Å². The van der Waals surface area contributed by atoms with Crippen molar-refractivity contribution in [3.05, 3.63) is 53.6 Å². The highest BCUT2D eigenvalue weighted by Gasteiger charge is 2.30. The first kappa shape index (κ1) is 18.9. The molecule has 0 aliphatic carbocycles. The van der Waals surface area contributed by atoms with Gasteiger partial charge in [-0.05, 0) is 55.8 Å². The highest BCUT2D eigenvalue weighted by Crippen LogP contribution is 2.34. The summed E-state index contributed by atoms with van der Waals surface area (Å²) in [6, 6.07) is 9.12. The van der Waals surface area contributed by atoms with Crippen molar-refractivity contribution in [3.8, 4) is 11.5 Å². The van der Waals surface area contributed by atoms with E-state index in [0.29, 0.717) is 24.7 Å². The first-order chi connectivity index (χ1) is 12.6. The number of hydrogen-bond acceptors (Lipinski definition) is 3. The molecule has 1 aliphatic rings. The standard InChI is InChI=1S/C19H19F3N2O3/c1-18(2,13-5-8-15-16(11-13)27-10-9-26-15)24-17(25)23-14-6-3-12(4-7-14)19(20,21)22/h3-8,11H,9-10H2,1-2H3,(H2,23,24,25). The molecule has 1 heterocycles. The Morgan fingerprint density at radius 3 is 2.15 bits per heavy atom. The van der Waals surface area contributed by atoms with Crippen LogP contribution in [0.15, 0.2) is 42.5 Å². The molecule has 0 saturated carbocycles. The van der Waals surface area contributed by atoms with Crippen LogP contribution in [0, 0.1) is 0 Å². The summed E-state index contributed by atoms with van der Waals surface area (Å²) in [5.74, 6) is 1.26. The Hall–Kier alpha value is -2.90. The number of rotatable bonds is 3. The lowest BCUT2D eigenvalue weighted by Crippen LogP contribution is -2.43. The molecule has 0 unspecified atom stereocenters. The summed E-state index contributed by atoms with van der Waals surface area (Å²) < 4.78 is 48.8. The summed E-state index contributed by atoms with van der Waals surface area (Å²) in [6.07, 6.45) is -4.42. The van der Waals surface area contributed by atoms with Gasteiger partial charge in [-0.2, -0.15) is 13.2 Å². The van der Waals surface area contributed by atoms with Crippen molar-refractivity contribution < 1.29 is 27.4 Å². The second-order valence-corrected chi connectivity index (χ2v) is 6.64. The SMILES string of the molecule is CC(C)(NC(=O)Nc1ccc(C(F)(F)F)cc1)c1ccc2c(c1)OCCO2. The second kappa shape index (κ2) is 7.02. The van der Waals surface area contributed by atoms with Crippen LogP contribution in [0.5, 0.6) is 11.5 Å². The van der Waals surface area contributed by atoms with Crippen molar-refractivity contribution in [2.24, 2.45) is 0 Å². The molecule has 0 atom stereocenters. The fraction of sp³-hybridized carbons (Fsp3) is 0.316. The van der Waals surface area contributed by atoms with Gasteiger partial charge in [0.1, 0.15) is 13.2 Å². The summed E-state index contributed by atoms with van der Waals surface area (Å²) in [5, 5.41) is 5.34. The molecule has 0 aromatic heterocycles. The molecule has 0 spiro atoms. The van der Waals surface area contributed by atoms with Crippen molar-refractivity contribution >= 4 is 11.7 Å². The van der Waals surface area contributed by atoms with E-state index < -0.39 is 23.3 Å². The Morgan fingerprint density at radius 1 is 0.926 bits per heavy atom. The number of hydrogen-bond donors (Lipinski definition) is 2. The minimum Gasteiger partial charge on any atom is -0.486 e. The molecule has 0 saturated heterocycles. The first-order valence-corrected chi connectivity index (χ1v) is 8.32. The number of alkyl halides is 3. The van der Waals surface area contributed by atoms with E-state index in [1.807, 2.05) is 19.9 Å². The van der Waals surface area contributed by atoms with Gasteiger partial charge in [-0.1, -0.05) is 6.07 Å². The number of urea groups is 1. The van der Waals surface area contributed by atoms with Crippen LogP contribution < -0.4 is 20.1 Å². The topological polar surface area (TPSA) is 59.6 Å². The van der Waals surface area contributed by atoms with Crippen LogP contribution in [-0.2, 0) is 11.7 Å². The predicted octanol–water partition coefficient (Wildman–Crippen LogP) is 4.53. The van der Waals surface area contributed by atoms with E-state index >= 15 is 0 Å². The molecule has 2 aromatic carbocycles. The lowest BCUT2D eigenvalue weighted by molar-refractivity contribution is -0.137. The van der Waals surface area contributed by atoms with Gasteiger partial charge in [0.05, 0.1) is 11.1 Å². The molecule has 0 bridgehead atoms. The predicted molar refractivity (Wildman–Crippen MR) is 94.1 cm³/mol. The van der Waals surface area contributed by atoms with E-state index in [4.69, 9.17) is 9.47 Å². The van der Waals surface area contributed by atoms with Gasteiger partial charge in [0.15, 0.2) is 11.5 Å². The molecule has 144 valence electrons. The minimum absolute atomic E-state index is 0.262. The number of fused-ring (bicyclic) bond motifs is 1. The molecule has 8 heteroatoms. The van der Waals surface area contributed by atoms with Crippen LogP contribution in [0.25, 0.3) is 0 Å². The van der Waals surface area contributed by atoms with E-state index in [9.17, 15) is 18.0 Å². The number of anilines is 1. The summed E-state index contributed by atoms with van der Waals surface area (Å²) in [7, 11) is 0. The lowest BCUT2D eigenvalue weighted by Gasteiger charge is -2.28. The van der Waals surface area contributed by atoms with Gasteiger partial charge >= 0.3 is 12.2 Å². The lowest BCUT2D eigenvalue weighted by atomic mass is 9.94. The Morgan fingerprint density at radius 2 is 1.52 bits per heavy atom. The fourth-order valence-corrected chi connectivity index (χ4v) is 2.69. The second-order valence-electron chi connectivity index (χ2n) is 6.64. The molecule has 2 aromatic rings. The van der Waals surface area contributed by atoms with Gasteiger partial charge in [0.25, 0.3) is 0 Å². The fourth-order valence-electron chi connectivity index (χ4n) is 2.69. The molecular formula is C19H19F3N2O3. The van der Waals surface area contributed by atoms with Crippen molar-refractivity contribution in [3.63, 3.8) is 0 Å². The van der Waals surface area contributed by atoms with Gasteiger partial charge in [-0.3, -0.25) is 0 Å². The van der Waals surface area contributed by atoms with Gasteiger partial charge in [0, 0.05) is 5.69 Å². The molecule has 2 N–H and O–H groups in total. The number of halogens is 3. The number of amides is 2. The third-order valence-corrected chi connectivity index (χ3v) is 4.16. The Balaban J connectivity index is 1.67. The largest absolute Gasteiger partial charge is 0.486 e. The maximum absolute atomic E-state index is 12.6. The smallest absolute Gasteiger partial charge is 0.416 e. The molecule has 1 aliphatic heterocycles. The summed E-state index contributed by atoms with van der Waals surface area (Å²) in [4.78, 5) is 12.3. The van der Waals surface area contributed by atoms with Gasteiger partial charge < -0.3 is 20.1 Å². The maximum atomic E-state index is 12.6. The van der Waals surface area contributed by atoms with Crippen molar-refractivity contribution in [2.45, 2.75) is 25.6 Å². The highest BCUT2D eigenvalue weighted by molar-refractivity contribution is 5.89. The molecular weight excluding hydrogens is 361 g/mol. The zero-order chi connectivity index (χ0) is 19.7. The average molecular weight is 380 g/mol. The monoisotopic (exact) mass is 380 g/mol. The quantitative estimate of drug-likeness (QED) is 0.822. The minimum atomic E-state index is -4.42. The summed E-state index contributed by atoms with van der Waals surface area (Å²) in [6.45, 7) is 4.57. The van der Waals surface area contributed by atoms with Crippen molar-refractivity contribution in [1.29, 1.82) is 0 Å². The van der Waals surface area contributed by atoms with E-state index in [-0.39, 0.29) is 5.69 Å². The third-order valence-electron chi connectivity index (χ3n) is 4.16. The zero-order valence-electron chi connectivity index (χ0n) is 14.8. The van der Waals surface area contributed by atoms with Gasteiger partial charge in [-0.25, -0.2) is 4.79 Å². The van der Waals surface area contributed by atoms with Crippen LogP contribution in [0.4, 0.5) is 23.7 Å². The van der Waals surface area contributed by atoms with E-state index in [2.05, 4.69) is 10.6 Å². The highest BCUT2D eigenvalue weighted by atomic mass is 19.4. The van der Waals surface area contributed by atoms with Crippen molar-refractivity contribution in [2.75, 3.05) is 18.5 Å². The molecule has 2 amide bonds. The van der Waals surface area contributed by atoms with E-state index in [1.165, 1.54) is 12.1 Å². The summed E-state index contributed by atoms with van der Waals surface area (Å²) >= 11 is 0. The van der Waals surface area contributed by atoms with E-state index in [0.717, 1.165) is 17.7 Å². The first-order valence-electron chi connectivity index (χ1n) is 8.32. The molecule has 0 fully saturated rings. The van der Waals surface area contributed by atoms with Crippen LogP contribution >= 0.6 is 0 Å². The Bertz CT molecular complexity index is 833. The third kappa shape index (κ3) is 4.45. The zero-order valence-corrected chi connectivity index (χ0v) is 14.8. The van der Waals surface area contributed by atoms with Gasteiger partial charge in [-0.15, -0.1) is 0 Å². The van der Waals surface area contributed by atoms with Crippen LogP contribution in [0.3, 0.4) is 0 Å². The maximum Gasteiger partial charge on any atom is 0.416 e. The summed E-state index contributed by atoms with van der Waals surface area (Å²) in [5.41, 5.74) is -0.455. The van der Waals surface area contributed by atoms with Crippen LogP contribution in [0.1, 0.15) is 25.0 Å². The van der Waals surface area contributed by atoms with Crippen LogP contribution in [0.2, 0.25) is 0 Å². The van der Waals surface area contributed by atoms with Crippen molar-refractivity contribution in [1.82, 2.24) is 5.32 Å². The average Bonchev–Trinajstić information content (AvgIpc) is 2.60. The molecule has 5 nitrogen and oxygen atoms in total.